The van der Waals surface area contributed by atoms with Gasteiger partial charge in [0.25, 0.3) is 0 Å². The smallest absolute Gasteiger partial charge is 0.326 e. The Morgan fingerprint density at radius 2 is 2.12 bits per heavy atom. The van der Waals surface area contributed by atoms with Crippen LogP contribution in [-0.4, -0.2) is 36.7 Å². The zero-order valence-corrected chi connectivity index (χ0v) is 14.3. The van der Waals surface area contributed by atoms with E-state index in [4.69, 9.17) is 4.74 Å². The van der Waals surface area contributed by atoms with Gasteiger partial charge in [0.05, 0.1) is 0 Å². The van der Waals surface area contributed by atoms with E-state index in [2.05, 4.69) is 17.4 Å². The van der Waals surface area contributed by atoms with Crippen LogP contribution in [0.3, 0.4) is 0 Å². The molecule has 1 aromatic carbocycles. The summed E-state index contributed by atoms with van der Waals surface area (Å²) < 4.78 is 4.95. The summed E-state index contributed by atoms with van der Waals surface area (Å²) in [7, 11) is 1.63. The number of unbranched alkanes of at least 4 members (excludes halogenated alkanes) is 1. The fourth-order valence-corrected chi connectivity index (χ4v) is 3.40. The molecule has 0 aliphatic heterocycles. The topological polar surface area (TPSA) is 75.6 Å². The largest absolute Gasteiger partial charge is 0.480 e. The van der Waals surface area contributed by atoms with Crippen molar-refractivity contribution in [2.75, 3.05) is 13.7 Å². The van der Waals surface area contributed by atoms with Crippen molar-refractivity contribution in [1.82, 2.24) is 5.32 Å². The average molecular weight is 333 g/mol. The minimum absolute atomic E-state index is 0.192. The van der Waals surface area contributed by atoms with Gasteiger partial charge in [-0.2, -0.15) is 0 Å². The first-order chi connectivity index (χ1) is 11.6. The van der Waals surface area contributed by atoms with Crippen LogP contribution in [-0.2, 0) is 20.7 Å². The van der Waals surface area contributed by atoms with Crippen molar-refractivity contribution in [3.05, 3.63) is 35.4 Å². The summed E-state index contributed by atoms with van der Waals surface area (Å²) in [5.74, 6) is -0.948. The Kier molecular flexibility index (Phi) is 7.25. The third-order valence-corrected chi connectivity index (χ3v) is 4.65. The van der Waals surface area contributed by atoms with E-state index in [1.165, 1.54) is 11.1 Å². The molecule has 0 bridgehead atoms. The second-order valence-electron chi connectivity index (χ2n) is 6.43. The number of fused-ring (bicyclic) bond motifs is 1. The molecule has 1 amide bonds. The van der Waals surface area contributed by atoms with Crippen LogP contribution in [0.2, 0.25) is 0 Å². The highest BCUT2D eigenvalue weighted by molar-refractivity contribution is 5.83. The van der Waals surface area contributed by atoms with Gasteiger partial charge >= 0.3 is 5.97 Å². The summed E-state index contributed by atoms with van der Waals surface area (Å²) in [5, 5.41) is 12.2. The van der Waals surface area contributed by atoms with Crippen molar-refractivity contribution >= 4 is 11.9 Å². The van der Waals surface area contributed by atoms with Crippen molar-refractivity contribution in [3.63, 3.8) is 0 Å². The summed E-state index contributed by atoms with van der Waals surface area (Å²) in [5.41, 5.74) is 2.55. The van der Waals surface area contributed by atoms with E-state index in [-0.39, 0.29) is 11.8 Å². The third kappa shape index (κ3) is 5.34. The summed E-state index contributed by atoms with van der Waals surface area (Å²) in [6.45, 7) is 0.620. The van der Waals surface area contributed by atoms with Crippen LogP contribution in [0.25, 0.3) is 0 Å². The van der Waals surface area contributed by atoms with Crippen LogP contribution in [0, 0.1) is 0 Å². The number of aryl methyl sites for hydroxylation is 1. The summed E-state index contributed by atoms with van der Waals surface area (Å²) in [4.78, 5) is 23.6. The lowest BCUT2D eigenvalue weighted by molar-refractivity contribution is -0.142. The molecule has 0 aromatic heterocycles. The van der Waals surface area contributed by atoms with Gasteiger partial charge < -0.3 is 15.2 Å². The fraction of sp³-hybridized carbons (Fsp3) is 0.579. The van der Waals surface area contributed by atoms with E-state index in [0.717, 1.165) is 25.7 Å². The van der Waals surface area contributed by atoms with Gasteiger partial charge in [-0.15, -0.1) is 0 Å². The van der Waals surface area contributed by atoms with Crippen LogP contribution in [0.1, 0.15) is 55.6 Å². The van der Waals surface area contributed by atoms with Gasteiger partial charge in [0.1, 0.15) is 6.04 Å². The number of carboxylic acids is 1. The number of ether oxygens (including phenoxy) is 1. The lowest BCUT2D eigenvalue weighted by Crippen LogP contribution is -2.42. The molecule has 2 N–H and O–H groups in total. The fourth-order valence-electron chi connectivity index (χ4n) is 3.40. The Morgan fingerprint density at radius 1 is 1.33 bits per heavy atom. The molecular formula is C19H27NO4. The van der Waals surface area contributed by atoms with E-state index >= 15 is 0 Å². The minimum Gasteiger partial charge on any atom is -0.480 e. The van der Waals surface area contributed by atoms with Gasteiger partial charge in [0, 0.05) is 20.1 Å². The van der Waals surface area contributed by atoms with Gasteiger partial charge in [-0.3, -0.25) is 4.79 Å². The highest BCUT2D eigenvalue weighted by Crippen LogP contribution is 2.34. The summed E-state index contributed by atoms with van der Waals surface area (Å²) >= 11 is 0. The van der Waals surface area contributed by atoms with Crippen LogP contribution in [0.4, 0.5) is 0 Å². The highest BCUT2D eigenvalue weighted by atomic mass is 16.5. The van der Waals surface area contributed by atoms with Crippen molar-refractivity contribution in [3.8, 4) is 0 Å². The van der Waals surface area contributed by atoms with Crippen molar-refractivity contribution in [1.29, 1.82) is 0 Å². The molecular weight excluding hydrogens is 306 g/mol. The number of nitrogens with one attached hydrogen (secondary N) is 1. The number of aliphatic carboxylic acids is 1. The quantitative estimate of drug-likeness (QED) is 0.681. The number of carbonyl (C=O) groups is 2. The second kappa shape index (κ2) is 9.42. The number of carbonyl (C=O) groups excluding carboxylic acids is 1. The van der Waals surface area contributed by atoms with E-state index < -0.39 is 12.0 Å². The highest BCUT2D eigenvalue weighted by Gasteiger charge is 2.27. The predicted molar refractivity (Wildman–Crippen MR) is 92.0 cm³/mol. The zero-order valence-electron chi connectivity index (χ0n) is 14.3. The lowest BCUT2D eigenvalue weighted by Gasteiger charge is -2.28. The normalized spacial score (nSPS) is 17.8. The minimum atomic E-state index is -0.955. The van der Waals surface area contributed by atoms with Gasteiger partial charge in [-0.25, -0.2) is 4.79 Å². The number of amides is 1. The molecule has 1 aliphatic rings. The first-order valence-corrected chi connectivity index (χ1v) is 8.70. The molecule has 0 fully saturated rings. The first kappa shape index (κ1) is 18.5. The SMILES string of the molecule is COCCCCC(=O)NC(CC1CCCc2ccccc21)C(=O)O. The first-order valence-electron chi connectivity index (χ1n) is 8.70. The molecule has 2 rings (SSSR count). The molecule has 1 aliphatic carbocycles. The van der Waals surface area contributed by atoms with E-state index in [1.807, 2.05) is 12.1 Å². The average Bonchev–Trinajstić information content (AvgIpc) is 2.58. The third-order valence-electron chi connectivity index (χ3n) is 4.65. The maximum atomic E-state index is 12.0. The summed E-state index contributed by atoms with van der Waals surface area (Å²) in [6, 6.07) is 7.41. The van der Waals surface area contributed by atoms with Crippen LogP contribution in [0.15, 0.2) is 24.3 Å². The van der Waals surface area contributed by atoms with E-state index in [1.54, 1.807) is 7.11 Å². The Hall–Kier alpha value is -1.88. The Bertz CT molecular complexity index is 558. The molecule has 5 nitrogen and oxygen atoms in total. The van der Waals surface area contributed by atoms with Crippen LogP contribution < -0.4 is 5.32 Å². The Morgan fingerprint density at radius 3 is 2.88 bits per heavy atom. The predicted octanol–water partition coefficient (Wildman–Crippen LogP) is 2.88. The molecule has 2 atom stereocenters. The number of methoxy groups -OCH3 is 1. The lowest BCUT2D eigenvalue weighted by atomic mass is 9.79. The van der Waals surface area contributed by atoms with E-state index in [0.29, 0.717) is 25.9 Å². The molecule has 0 radical (unpaired) electrons. The van der Waals surface area contributed by atoms with Crippen LogP contribution >= 0.6 is 0 Å². The second-order valence-corrected chi connectivity index (χ2v) is 6.43. The molecule has 1 aromatic rings. The molecule has 2 unspecified atom stereocenters. The number of benzene rings is 1. The molecule has 0 saturated carbocycles. The van der Waals surface area contributed by atoms with E-state index in [9.17, 15) is 14.7 Å². The number of carboxylic acid groups (broad SMARTS) is 1. The van der Waals surface area contributed by atoms with Gasteiger partial charge in [-0.1, -0.05) is 24.3 Å². The number of hydrogen-bond donors (Lipinski definition) is 2. The molecule has 0 saturated heterocycles. The van der Waals surface area contributed by atoms with Gasteiger partial charge in [-0.05, 0) is 55.6 Å². The molecule has 5 heteroatoms. The number of rotatable bonds is 9. The molecule has 24 heavy (non-hydrogen) atoms. The summed E-state index contributed by atoms with van der Waals surface area (Å²) in [6.07, 6.45) is 5.40. The monoisotopic (exact) mass is 333 g/mol. The number of hydrogen-bond acceptors (Lipinski definition) is 3. The standard InChI is InChI=1S/C19H27NO4/c1-24-12-5-4-11-18(21)20-17(19(22)23)13-15-9-6-8-14-7-2-3-10-16(14)15/h2-3,7,10,15,17H,4-6,8-9,11-13H2,1H3,(H,20,21)(H,22,23). The Balaban J connectivity index is 1.92. The van der Waals surface area contributed by atoms with Crippen molar-refractivity contribution in [2.45, 2.75) is 56.9 Å². The van der Waals surface area contributed by atoms with Crippen LogP contribution in [0.5, 0.6) is 0 Å². The Labute approximate surface area is 143 Å². The van der Waals surface area contributed by atoms with Crippen molar-refractivity contribution < 1.29 is 19.4 Å². The molecule has 0 spiro atoms. The van der Waals surface area contributed by atoms with Gasteiger partial charge in [0.2, 0.25) is 5.91 Å². The molecule has 132 valence electrons. The van der Waals surface area contributed by atoms with Gasteiger partial charge in [0.15, 0.2) is 0 Å². The zero-order chi connectivity index (χ0) is 17.4. The maximum absolute atomic E-state index is 12.0. The van der Waals surface area contributed by atoms with Crippen molar-refractivity contribution in [2.24, 2.45) is 0 Å². The molecule has 0 heterocycles. The maximum Gasteiger partial charge on any atom is 0.326 e.